The second-order valence-corrected chi connectivity index (χ2v) is 9.53. The zero-order valence-corrected chi connectivity index (χ0v) is 20.0. The Kier molecular flexibility index (Phi) is 7.95. The Morgan fingerprint density at radius 1 is 0.853 bits per heavy atom. The molecule has 3 nitrogen and oxygen atoms in total. The van der Waals surface area contributed by atoms with Crippen molar-refractivity contribution in [2.75, 3.05) is 0 Å². The van der Waals surface area contributed by atoms with Crippen molar-refractivity contribution < 1.29 is 14.3 Å². The summed E-state index contributed by atoms with van der Waals surface area (Å²) in [4.78, 5) is 27.3. The van der Waals surface area contributed by atoms with E-state index in [2.05, 4.69) is 19.1 Å². The minimum Gasteiger partial charge on any atom is -0.458 e. The van der Waals surface area contributed by atoms with Crippen LogP contribution >= 0.6 is 0 Å². The van der Waals surface area contributed by atoms with Crippen molar-refractivity contribution in [1.82, 2.24) is 0 Å². The Hall–Kier alpha value is -3.20. The smallest absolute Gasteiger partial charge is 0.317 e. The third-order valence-corrected chi connectivity index (χ3v) is 6.99. The lowest BCUT2D eigenvalue weighted by Crippen LogP contribution is -2.50. The van der Waals surface area contributed by atoms with Gasteiger partial charge in [-0.3, -0.25) is 9.59 Å². The first-order chi connectivity index (χ1) is 16.6. The van der Waals surface area contributed by atoms with E-state index in [0.29, 0.717) is 12.8 Å². The van der Waals surface area contributed by atoms with Gasteiger partial charge in [-0.25, -0.2) is 0 Å². The largest absolute Gasteiger partial charge is 0.458 e. The quantitative estimate of drug-likeness (QED) is 0.253. The van der Waals surface area contributed by atoms with Crippen molar-refractivity contribution in [3.8, 4) is 0 Å². The summed E-state index contributed by atoms with van der Waals surface area (Å²) < 4.78 is 6.26. The maximum atomic E-state index is 13.7. The molecule has 1 saturated heterocycles. The number of rotatable bonds is 10. The van der Waals surface area contributed by atoms with Crippen LogP contribution in [0.3, 0.4) is 0 Å². The summed E-state index contributed by atoms with van der Waals surface area (Å²) in [6, 6.07) is 30.3. The number of hydrogen-bond donors (Lipinski definition) is 0. The molecule has 0 bridgehead atoms. The van der Waals surface area contributed by atoms with Gasteiger partial charge in [0.25, 0.3) is 0 Å². The maximum Gasteiger partial charge on any atom is 0.317 e. The zero-order chi connectivity index (χ0) is 23.8. The highest BCUT2D eigenvalue weighted by Crippen LogP contribution is 2.41. The van der Waals surface area contributed by atoms with Gasteiger partial charge in [0.2, 0.25) is 0 Å². The number of cyclic esters (lactones) is 1. The van der Waals surface area contributed by atoms with Crippen LogP contribution in [0, 0.1) is 5.92 Å². The fourth-order valence-corrected chi connectivity index (χ4v) is 5.25. The lowest BCUT2D eigenvalue weighted by Gasteiger charge is -2.41. The summed E-state index contributed by atoms with van der Waals surface area (Å²) in [5.74, 6) is -1.28. The molecule has 0 amide bonds. The molecule has 1 heterocycles. The first kappa shape index (κ1) is 23.9. The van der Waals surface area contributed by atoms with Crippen LogP contribution in [0.15, 0.2) is 91.0 Å². The predicted octanol–water partition coefficient (Wildman–Crippen LogP) is 6.71. The number of aryl methyl sites for hydroxylation is 1. The molecule has 0 spiro atoms. The lowest BCUT2D eigenvalue weighted by molar-refractivity contribution is -0.179. The Morgan fingerprint density at radius 3 is 2.03 bits per heavy atom. The number of Topliss-reactive ketones (excluding diaryl/α,β-unsaturated/α-hetero) is 1. The second-order valence-electron chi connectivity index (χ2n) is 9.53. The van der Waals surface area contributed by atoms with E-state index in [-0.39, 0.29) is 24.1 Å². The summed E-state index contributed by atoms with van der Waals surface area (Å²) in [5, 5.41) is 0. The number of ether oxygens (including phenoxy) is 1. The molecule has 3 heteroatoms. The second kappa shape index (κ2) is 11.3. The Morgan fingerprint density at radius 2 is 1.44 bits per heavy atom. The topological polar surface area (TPSA) is 43.4 Å². The summed E-state index contributed by atoms with van der Waals surface area (Å²) in [6.45, 7) is 2.13. The number of carbonyl (C=O) groups is 2. The van der Waals surface area contributed by atoms with Crippen LogP contribution in [0.2, 0.25) is 0 Å². The molecule has 0 radical (unpaired) electrons. The van der Waals surface area contributed by atoms with Gasteiger partial charge in [0.1, 0.15) is 11.5 Å². The van der Waals surface area contributed by atoms with Crippen molar-refractivity contribution in [2.24, 2.45) is 5.92 Å². The van der Waals surface area contributed by atoms with Crippen LogP contribution in [0.4, 0.5) is 0 Å². The molecule has 3 unspecified atom stereocenters. The van der Waals surface area contributed by atoms with Crippen LogP contribution in [-0.4, -0.2) is 17.4 Å². The average Bonchev–Trinajstić information content (AvgIpc) is 2.86. The molecule has 0 aliphatic carbocycles. The van der Waals surface area contributed by atoms with E-state index < -0.39 is 11.5 Å². The normalized spacial score (nSPS) is 21.1. The molecule has 3 aromatic carbocycles. The molecule has 4 rings (SSSR count). The lowest BCUT2D eigenvalue weighted by atomic mass is 9.73. The zero-order valence-electron chi connectivity index (χ0n) is 20.0. The fraction of sp³-hybridized carbons (Fsp3) is 0.355. The number of carbonyl (C=O) groups excluding carboxylic acids is 2. The van der Waals surface area contributed by atoms with Gasteiger partial charge in [0, 0.05) is 18.8 Å². The van der Waals surface area contributed by atoms with E-state index in [1.165, 1.54) is 5.56 Å². The molecule has 0 aromatic heterocycles. The van der Waals surface area contributed by atoms with Gasteiger partial charge in [-0.1, -0.05) is 104 Å². The van der Waals surface area contributed by atoms with E-state index in [1.807, 2.05) is 78.9 Å². The van der Waals surface area contributed by atoms with Crippen LogP contribution in [0.25, 0.3) is 0 Å². The summed E-state index contributed by atoms with van der Waals surface area (Å²) in [5.41, 5.74) is 2.59. The summed E-state index contributed by atoms with van der Waals surface area (Å²) >= 11 is 0. The Balaban J connectivity index is 1.59. The van der Waals surface area contributed by atoms with Gasteiger partial charge in [0.05, 0.1) is 0 Å². The van der Waals surface area contributed by atoms with Gasteiger partial charge in [-0.15, -0.1) is 0 Å². The van der Waals surface area contributed by atoms with Gasteiger partial charge in [-0.05, 0) is 42.4 Å². The minimum absolute atomic E-state index is 0.0187. The van der Waals surface area contributed by atoms with Crippen LogP contribution < -0.4 is 0 Å². The van der Waals surface area contributed by atoms with E-state index in [9.17, 15) is 9.59 Å². The molecular formula is C31H34O3. The number of unbranched alkanes of at least 4 members (excludes halogenated alkanes) is 1. The van der Waals surface area contributed by atoms with E-state index >= 15 is 0 Å². The monoisotopic (exact) mass is 454 g/mol. The van der Waals surface area contributed by atoms with Gasteiger partial charge in [0.15, 0.2) is 5.78 Å². The molecule has 34 heavy (non-hydrogen) atoms. The molecule has 1 fully saturated rings. The molecule has 0 saturated carbocycles. The van der Waals surface area contributed by atoms with Crippen molar-refractivity contribution in [2.45, 2.75) is 63.4 Å². The van der Waals surface area contributed by atoms with Crippen molar-refractivity contribution in [1.29, 1.82) is 0 Å². The molecule has 176 valence electrons. The highest BCUT2D eigenvalue weighted by atomic mass is 16.6. The first-order valence-electron chi connectivity index (χ1n) is 12.5. The van der Waals surface area contributed by atoms with Crippen molar-refractivity contribution in [3.63, 3.8) is 0 Å². The van der Waals surface area contributed by atoms with Crippen LogP contribution in [0.1, 0.15) is 61.6 Å². The average molecular weight is 455 g/mol. The first-order valence-corrected chi connectivity index (χ1v) is 12.5. The number of esters is 1. The van der Waals surface area contributed by atoms with Gasteiger partial charge in [-0.2, -0.15) is 0 Å². The summed E-state index contributed by atoms with van der Waals surface area (Å²) in [7, 11) is 0. The Labute approximate surface area is 203 Å². The fourth-order valence-electron chi connectivity index (χ4n) is 5.25. The molecule has 0 N–H and O–H groups in total. The van der Waals surface area contributed by atoms with Gasteiger partial charge < -0.3 is 4.74 Å². The number of hydrogen-bond acceptors (Lipinski definition) is 3. The van der Waals surface area contributed by atoms with Crippen molar-refractivity contribution in [3.05, 3.63) is 108 Å². The molecule has 3 atom stereocenters. The van der Waals surface area contributed by atoms with E-state index in [0.717, 1.165) is 36.8 Å². The predicted molar refractivity (Wildman–Crippen MR) is 136 cm³/mol. The third-order valence-electron chi connectivity index (χ3n) is 6.99. The number of benzene rings is 3. The molecular weight excluding hydrogens is 420 g/mol. The SMILES string of the molecule is CCCCC1(Cc2ccccc2)CC(=O)C(C(CCc2ccccc2)c2ccccc2)C(=O)O1. The van der Waals surface area contributed by atoms with Crippen molar-refractivity contribution >= 4 is 11.8 Å². The molecule has 1 aliphatic rings. The summed E-state index contributed by atoms with van der Waals surface area (Å²) in [6.07, 6.45) is 5.03. The number of ketones is 1. The molecule has 1 aliphatic heterocycles. The minimum atomic E-state index is -0.753. The highest BCUT2D eigenvalue weighted by molar-refractivity contribution is 6.02. The van der Waals surface area contributed by atoms with E-state index in [1.54, 1.807) is 0 Å². The van der Waals surface area contributed by atoms with E-state index in [4.69, 9.17) is 4.74 Å². The van der Waals surface area contributed by atoms with Crippen LogP contribution in [0.5, 0.6) is 0 Å². The maximum absolute atomic E-state index is 13.7. The standard InChI is InChI=1S/C31H34O3/c1-2-3-21-31(22-25-15-9-5-10-16-25)23-28(32)29(30(33)34-31)27(26-17-11-6-12-18-26)20-19-24-13-7-4-8-14-24/h4-18,27,29H,2-3,19-23H2,1H3. The van der Waals surface area contributed by atoms with Crippen LogP contribution in [-0.2, 0) is 27.2 Å². The van der Waals surface area contributed by atoms with Gasteiger partial charge >= 0.3 is 5.97 Å². The Bertz CT molecular complexity index is 1040. The highest BCUT2D eigenvalue weighted by Gasteiger charge is 2.49. The molecule has 3 aromatic rings. The third kappa shape index (κ3) is 5.83.